The molecule has 11 heteroatoms. The highest BCUT2D eigenvalue weighted by molar-refractivity contribution is 5.96. The second-order valence-corrected chi connectivity index (χ2v) is 7.49. The van der Waals surface area contributed by atoms with E-state index in [1.807, 2.05) is 0 Å². The Morgan fingerprint density at radius 2 is 1.82 bits per heavy atom. The van der Waals surface area contributed by atoms with E-state index in [1.165, 1.54) is 11.9 Å². The summed E-state index contributed by atoms with van der Waals surface area (Å²) in [5, 5.41) is 5.98. The molecule has 2 aromatic carbocycles. The van der Waals surface area contributed by atoms with E-state index < -0.39 is 41.5 Å². The first-order valence-corrected chi connectivity index (χ1v) is 9.89. The number of urea groups is 1. The van der Waals surface area contributed by atoms with Gasteiger partial charge in [0.2, 0.25) is 0 Å². The van der Waals surface area contributed by atoms with Gasteiger partial charge in [-0.1, -0.05) is 0 Å². The maximum absolute atomic E-state index is 14.1. The molecule has 33 heavy (non-hydrogen) atoms. The van der Waals surface area contributed by atoms with Gasteiger partial charge in [-0.2, -0.15) is 0 Å². The van der Waals surface area contributed by atoms with Crippen LogP contribution in [0, 0.1) is 17.5 Å². The molecule has 1 aliphatic rings. The fourth-order valence-corrected chi connectivity index (χ4v) is 3.85. The van der Waals surface area contributed by atoms with E-state index in [0.29, 0.717) is 27.8 Å². The average Bonchev–Trinajstić information content (AvgIpc) is 2.79. The number of rotatable bonds is 4. The van der Waals surface area contributed by atoms with Crippen molar-refractivity contribution in [1.29, 1.82) is 0 Å². The van der Waals surface area contributed by atoms with Crippen LogP contribution in [0.4, 0.5) is 38.3 Å². The first-order chi connectivity index (χ1) is 15.7. The lowest BCUT2D eigenvalue weighted by atomic mass is 9.95. The number of ether oxygens (including phenoxy) is 1. The normalized spacial score (nSPS) is 15.5. The molecule has 2 heterocycles. The summed E-state index contributed by atoms with van der Waals surface area (Å²) >= 11 is 0. The minimum Gasteiger partial charge on any atom is -0.373 e. The molecule has 0 saturated heterocycles. The lowest BCUT2D eigenvalue weighted by molar-refractivity contribution is 0.0529. The van der Waals surface area contributed by atoms with Gasteiger partial charge in [0.25, 0.3) is 6.43 Å². The number of carbonyl (C=O) groups is 1. The number of hydrogen-bond acceptors (Lipinski definition) is 4. The van der Waals surface area contributed by atoms with Crippen molar-refractivity contribution in [3.8, 4) is 0 Å². The van der Waals surface area contributed by atoms with Crippen LogP contribution >= 0.6 is 0 Å². The summed E-state index contributed by atoms with van der Waals surface area (Å²) in [6.07, 6.45) is -3.05. The molecule has 4 rings (SSSR count). The van der Waals surface area contributed by atoms with Crippen LogP contribution in [0.3, 0.4) is 0 Å². The van der Waals surface area contributed by atoms with Gasteiger partial charge in [-0.05, 0) is 35.7 Å². The number of benzene rings is 2. The molecule has 0 radical (unpaired) electrons. The lowest BCUT2D eigenvalue weighted by Gasteiger charge is -2.34. The zero-order valence-electron chi connectivity index (χ0n) is 17.6. The van der Waals surface area contributed by atoms with Crippen LogP contribution in [0.5, 0.6) is 0 Å². The highest BCUT2D eigenvalue weighted by atomic mass is 19.3. The Morgan fingerprint density at radius 1 is 1.12 bits per heavy atom. The quantitative estimate of drug-likeness (QED) is 0.508. The summed E-state index contributed by atoms with van der Waals surface area (Å²) in [5.74, 6) is -2.86. The van der Waals surface area contributed by atoms with Crippen molar-refractivity contribution in [3.63, 3.8) is 0 Å². The van der Waals surface area contributed by atoms with Crippen molar-refractivity contribution < 1.29 is 31.5 Å². The monoisotopic (exact) mass is 466 g/mol. The van der Waals surface area contributed by atoms with Crippen LogP contribution in [-0.2, 0) is 11.3 Å². The van der Waals surface area contributed by atoms with Gasteiger partial charge in [0.05, 0.1) is 30.5 Å². The summed E-state index contributed by atoms with van der Waals surface area (Å²) in [6.45, 7) is 0.137. The summed E-state index contributed by atoms with van der Waals surface area (Å²) in [5.41, 5.74) is 0.0610. The summed E-state index contributed by atoms with van der Waals surface area (Å²) < 4.78 is 73.2. The van der Waals surface area contributed by atoms with Gasteiger partial charge >= 0.3 is 6.03 Å². The van der Waals surface area contributed by atoms with Gasteiger partial charge in [0, 0.05) is 30.7 Å². The van der Waals surface area contributed by atoms with Crippen LogP contribution in [-0.4, -0.2) is 36.6 Å². The molecular formula is C22H19F5N4O2. The van der Waals surface area contributed by atoms with E-state index in [4.69, 9.17) is 4.74 Å². The molecule has 0 spiro atoms. The van der Waals surface area contributed by atoms with Crippen LogP contribution in [0.2, 0.25) is 0 Å². The van der Waals surface area contributed by atoms with Crippen molar-refractivity contribution in [2.24, 2.45) is 0 Å². The minimum atomic E-state index is -3.05. The highest BCUT2D eigenvalue weighted by Crippen LogP contribution is 2.38. The maximum atomic E-state index is 14.1. The Balaban J connectivity index is 1.71. The fraction of sp³-hybridized carbons (Fsp3) is 0.273. The van der Waals surface area contributed by atoms with Crippen molar-refractivity contribution >= 4 is 28.3 Å². The van der Waals surface area contributed by atoms with Crippen molar-refractivity contribution in [2.45, 2.75) is 19.1 Å². The van der Waals surface area contributed by atoms with Crippen LogP contribution < -0.4 is 10.6 Å². The molecule has 0 saturated carbocycles. The van der Waals surface area contributed by atoms with Crippen LogP contribution in [0.1, 0.15) is 29.3 Å². The molecule has 3 aromatic rings. The molecule has 0 bridgehead atoms. The van der Waals surface area contributed by atoms with Crippen molar-refractivity contribution in [2.75, 3.05) is 31.3 Å². The van der Waals surface area contributed by atoms with E-state index >= 15 is 0 Å². The standard InChI is InChI=1S/C22H19F5N4O2/c1-28-21-12-7-16(25)15(24)6-11(12)19-17(30-21)8-33-9-18(19)31(2)22(32)29-10-3-4-14(23)13(5-10)20(26)27/h3-7,18,20H,8-9H2,1-2H3,(H,28,30)(H,29,32). The molecule has 2 N–H and O–H groups in total. The number of hydrogen-bond donors (Lipinski definition) is 2. The van der Waals surface area contributed by atoms with Gasteiger partial charge in [0.15, 0.2) is 11.6 Å². The highest BCUT2D eigenvalue weighted by Gasteiger charge is 2.32. The number of nitrogens with zero attached hydrogens (tertiary/aromatic N) is 2. The molecule has 1 aliphatic heterocycles. The fourth-order valence-electron chi connectivity index (χ4n) is 3.85. The van der Waals surface area contributed by atoms with Gasteiger partial charge in [-0.25, -0.2) is 31.7 Å². The first kappa shape index (κ1) is 22.7. The summed E-state index contributed by atoms with van der Waals surface area (Å²) in [6, 6.07) is 3.49. The minimum absolute atomic E-state index is 0.0258. The molecule has 1 atom stereocenters. The number of amides is 2. The first-order valence-electron chi connectivity index (χ1n) is 9.89. The number of carbonyl (C=O) groups excluding carboxylic acids is 1. The molecule has 2 amide bonds. The molecule has 0 fully saturated rings. The predicted octanol–water partition coefficient (Wildman–Crippen LogP) is 5.37. The number of alkyl halides is 2. The predicted molar refractivity (Wildman–Crippen MR) is 112 cm³/mol. The number of anilines is 2. The van der Waals surface area contributed by atoms with E-state index in [0.717, 1.165) is 30.3 Å². The molecule has 1 aromatic heterocycles. The summed E-state index contributed by atoms with van der Waals surface area (Å²) in [7, 11) is 3.03. The van der Waals surface area contributed by atoms with Gasteiger partial charge < -0.3 is 20.3 Å². The van der Waals surface area contributed by atoms with E-state index in [1.54, 1.807) is 7.05 Å². The second kappa shape index (κ2) is 8.81. The topological polar surface area (TPSA) is 66.5 Å². The van der Waals surface area contributed by atoms with Crippen molar-refractivity contribution in [1.82, 2.24) is 9.88 Å². The van der Waals surface area contributed by atoms with E-state index in [2.05, 4.69) is 15.6 Å². The average molecular weight is 466 g/mol. The number of aromatic nitrogens is 1. The molecular weight excluding hydrogens is 447 g/mol. The molecule has 1 unspecified atom stereocenters. The Labute approximate surface area is 185 Å². The zero-order valence-corrected chi connectivity index (χ0v) is 17.6. The van der Waals surface area contributed by atoms with Crippen LogP contribution in [0.25, 0.3) is 10.8 Å². The van der Waals surface area contributed by atoms with Crippen LogP contribution in [0.15, 0.2) is 30.3 Å². The molecule has 6 nitrogen and oxygen atoms in total. The van der Waals surface area contributed by atoms with Crippen molar-refractivity contribution in [3.05, 3.63) is 64.6 Å². The van der Waals surface area contributed by atoms with E-state index in [9.17, 15) is 26.7 Å². The number of likely N-dealkylation sites (N-methyl/N-ethyl adjacent to an activating group) is 1. The van der Waals surface area contributed by atoms with E-state index in [-0.39, 0.29) is 18.9 Å². The number of nitrogens with one attached hydrogen (secondary N) is 2. The van der Waals surface area contributed by atoms with Gasteiger partial charge in [-0.15, -0.1) is 0 Å². The zero-order chi connectivity index (χ0) is 23.9. The second-order valence-electron chi connectivity index (χ2n) is 7.49. The Bertz CT molecular complexity index is 1240. The number of pyridine rings is 1. The number of fused-ring (bicyclic) bond motifs is 3. The molecule has 0 aliphatic carbocycles. The Hall–Kier alpha value is -3.47. The van der Waals surface area contributed by atoms with Gasteiger partial charge in [-0.3, -0.25) is 0 Å². The smallest absolute Gasteiger partial charge is 0.322 e. The third kappa shape index (κ3) is 4.15. The SMILES string of the molecule is CNc1nc2c(c3cc(F)c(F)cc13)C(N(C)C(=O)Nc1ccc(F)c(C(F)F)c1)COC2. The largest absolute Gasteiger partial charge is 0.373 e. The molecule has 174 valence electrons. The Kier molecular flexibility index (Phi) is 6.07. The lowest BCUT2D eigenvalue weighted by Crippen LogP contribution is -2.39. The number of halogens is 5. The Morgan fingerprint density at radius 3 is 2.48 bits per heavy atom. The summed E-state index contributed by atoms with van der Waals surface area (Å²) in [4.78, 5) is 18.6. The third-order valence-corrected chi connectivity index (χ3v) is 5.52. The third-order valence-electron chi connectivity index (χ3n) is 5.52. The van der Waals surface area contributed by atoms with Gasteiger partial charge in [0.1, 0.15) is 11.6 Å². The maximum Gasteiger partial charge on any atom is 0.322 e.